The molecule has 1 fully saturated rings. The first-order valence-corrected chi connectivity index (χ1v) is 9.90. The molecule has 1 saturated heterocycles. The maximum absolute atomic E-state index is 13.1. The summed E-state index contributed by atoms with van der Waals surface area (Å²) < 4.78 is 10.7. The van der Waals surface area contributed by atoms with Crippen LogP contribution in [0.3, 0.4) is 0 Å². The van der Waals surface area contributed by atoms with Gasteiger partial charge in [0.05, 0.1) is 24.8 Å². The van der Waals surface area contributed by atoms with E-state index in [-0.39, 0.29) is 5.91 Å². The van der Waals surface area contributed by atoms with Gasteiger partial charge in [0.25, 0.3) is 5.91 Å². The van der Waals surface area contributed by atoms with Crippen LogP contribution < -0.4 is 9.47 Å². The van der Waals surface area contributed by atoms with Gasteiger partial charge in [0.2, 0.25) is 0 Å². The van der Waals surface area contributed by atoms with Crippen LogP contribution in [0.25, 0.3) is 6.08 Å². The number of ether oxygens (including phenoxy) is 2. The minimum absolute atomic E-state index is 0.0433. The van der Waals surface area contributed by atoms with Crippen LogP contribution in [0.4, 0.5) is 5.69 Å². The Morgan fingerprint density at radius 3 is 2.50 bits per heavy atom. The van der Waals surface area contributed by atoms with Gasteiger partial charge in [-0.05, 0) is 54.1 Å². The number of benzene rings is 2. The average molecular weight is 397 g/mol. The quantitative estimate of drug-likeness (QED) is 0.647. The van der Waals surface area contributed by atoms with Crippen LogP contribution in [0.5, 0.6) is 11.5 Å². The Morgan fingerprint density at radius 1 is 1.11 bits per heavy atom. The summed E-state index contributed by atoms with van der Waals surface area (Å²) >= 11 is 1.38. The number of hydrogen-bond donors (Lipinski definition) is 0. The van der Waals surface area contributed by atoms with Crippen LogP contribution in [0.1, 0.15) is 19.4 Å². The normalized spacial score (nSPS) is 17.0. The molecule has 0 saturated carbocycles. The Labute approximate surface area is 170 Å². The molecule has 0 aliphatic carbocycles. The van der Waals surface area contributed by atoms with Crippen molar-refractivity contribution in [1.82, 2.24) is 4.90 Å². The molecule has 1 amide bonds. The standard InChI is InChI=1S/C22H24N2O3S/c1-15(2)14-24-21(25)20(28-22(24)23-17-8-6-5-7-9-17)13-16-12-18(26-3)10-11-19(16)27-4/h5-13,15H,14H2,1-4H3/b20-13-,23-22?. The zero-order valence-corrected chi connectivity index (χ0v) is 17.3. The third kappa shape index (κ3) is 4.57. The van der Waals surface area contributed by atoms with Crippen molar-refractivity contribution in [3.63, 3.8) is 0 Å². The minimum atomic E-state index is -0.0433. The Balaban J connectivity index is 2.00. The van der Waals surface area contributed by atoms with Crippen LogP contribution in [0.2, 0.25) is 0 Å². The number of para-hydroxylation sites is 1. The number of rotatable bonds is 6. The lowest BCUT2D eigenvalue weighted by atomic mass is 10.1. The van der Waals surface area contributed by atoms with Gasteiger partial charge < -0.3 is 9.47 Å². The van der Waals surface area contributed by atoms with E-state index in [0.29, 0.717) is 34.0 Å². The zero-order valence-electron chi connectivity index (χ0n) is 16.5. The highest BCUT2D eigenvalue weighted by molar-refractivity contribution is 8.18. The van der Waals surface area contributed by atoms with Crippen molar-refractivity contribution in [3.05, 3.63) is 59.0 Å². The van der Waals surface area contributed by atoms with Gasteiger partial charge in [0, 0.05) is 12.1 Å². The summed E-state index contributed by atoms with van der Waals surface area (Å²) in [5.41, 5.74) is 1.62. The largest absolute Gasteiger partial charge is 0.497 e. The van der Waals surface area contributed by atoms with E-state index in [0.717, 1.165) is 11.3 Å². The van der Waals surface area contributed by atoms with Crippen LogP contribution >= 0.6 is 11.8 Å². The van der Waals surface area contributed by atoms with E-state index >= 15 is 0 Å². The van der Waals surface area contributed by atoms with Gasteiger partial charge in [0.15, 0.2) is 5.17 Å². The molecule has 2 aromatic rings. The lowest BCUT2D eigenvalue weighted by Gasteiger charge is -2.17. The van der Waals surface area contributed by atoms with Crippen molar-refractivity contribution in [3.8, 4) is 11.5 Å². The van der Waals surface area contributed by atoms with E-state index < -0.39 is 0 Å². The van der Waals surface area contributed by atoms with Crippen LogP contribution in [0, 0.1) is 5.92 Å². The van der Waals surface area contributed by atoms with Crippen LogP contribution in [-0.4, -0.2) is 36.7 Å². The number of amides is 1. The molecular formula is C22H24N2O3S. The first-order valence-electron chi connectivity index (χ1n) is 9.09. The number of carbonyl (C=O) groups excluding carboxylic acids is 1. The molecule has 5 nitrogen and oxygen atoms in total. The number of methoxy groups -OCH3 is 2. The highest BCUT2D eigenvalue weighted by atomic mass is 32.2. The predicted octanol–water partition coefficient (Wildman–Crippen LogP) is 4.96. The van der Waals surface area contributed by atoms with Gasteiger partial charge >= 0.3 is 0 Å². The molecule has 0 spiro atoms. The van der Waals surface area contributed by atoms with Crippen molar-refractivity contribution >= 4 is 34.6 Å². The van der Waals surface area contributed by atoms with Gasteiger partial charge in [-0.25, -0.2) is 4.99 Å². The fourth-order valence-corrected chi connectivity index (χ4v) is 3.82. The van der Waals surface area contributed by atoms with E-state index in [1.54, 1.807) is 19.1 Å². The molecular weight excluding hydrogens is 372 g/mol. The number of aliphatic imine (C=N–C) groups is 1. The Morgan fingerprint density at radius 2 is 1.86 bits per heavy atom. The lowest BCUT2D eigenvalue weighted by Crippen LogP contribution is -2.32. The molecule has 1 aliphatic rings. The molecule has 0 atom stereocenters. The number of thioether (sulfide) groups is 1. The van der Waals surface area contributed by atoms with E-state index in [9.17, 15) is 4.79 Å². The predicted molar refractivity (Wildman–Crippen MR) is 115 cm³/mol. The third-order valence-electron chi connectivity index (χ3n) is 4.14. The van der Waals surface area contributed by atoms with Crippen molar-refractivity contribution in [1.29, 1.82) is 0 Å². The molecule has 1 heterocycles. The second-order valence-electron chi connectivity index (χ2n) is 6.76. The number of amidine groups is 1. The molecule has 0 unspecified atom stereocenters. The molecule has 0 radical (unpaired) electrons. The lowest BCUT2D eigenvalue weighted by molar-refractivity contribution is -0.122. The van der Waals surface area contributed by atoms with Gasteiger partial charge in [-0.2, -0.15) is 0 Å². The number of carbonyl (C=O) groups is 1. The smallest absolute Gasteiger partial charge is 0.266 e. The van der Waals surface area contributed by atoms with Crippen molar-refractivity contribution in [2.45, 2.75) is 13.8 Å². The van der Waals surface area contributed by atoms with Crippen molar-refractivity contribution in [2.75, 3.05) is 20.8 Å². The number of hydrogen-bond acceptors (Lipinski definition) is 5. The minimum Gasteiger partial charge on any atom is -0.497 e. The third-order valence-corrected chi connectivity index (χ3v) is 5.15. The second kappa shape index (κ2) is 8.97. The van der Waals surface area contributed by atoms with E-state index in [2.05, 4.69) is 13.8 Å². The molecule has 0 bridgehead atoms. The number of nitrogens with zero attached hydrogens (tertiary/aromatic N) is 2. The molecule has 0 N–H and O–H groups in total. The first-order chi connectivity index (χ1) is 13.5. The fraction of sp³-hybridized carbons (Fsp3) is 0.273. The average Bonchev–Trinajstić information content (AvgIpc) is 2.97. The summed E-state index contributed by atoms with van der Waals surface area (Å²) in [5.74, 6) is 1.68. The monoisotopic (exact) mass is 396 g/mol. The maximum atomic E-state index is 13.1. The van der Waals surface area contributed by atoms with Gasteiger partial charge in [-0.3, -0.25) is 9.69 Å². The zero-order chi connectivity index (χ0) is 20.1. The Kier molecular flexibility index (Phi) is 6.41. The Hall–Kier alpha value is -2.73. The Bertz CT molecular complexity index is 907. The van der Waals surface area contributed by atoms with Gasteiger partial charge in [-0.15, -0.1) is 0 Å². The van der Waals surface area contributed by atoms with Crippen molar-refractivity contribution in [2.24, 2.45) is 10.9 Å². The van der Waals surface area contributed by atoms with Crippen LogP contribution in [0.15, 0.2) is 58.4 Å². The molecule has 1 aliphatic heterocycles. The summed E-state index contributed by atoms with van der Waals surface area (Å²) in [6.45, 7) is 4.79. The van der Waals surface area contributed by atoms with E-state index in [1.807, 2.05) is 54.6 Å². The summed E-state index contributed by atoms with van der Waals surface area (Å²) in [7, 11) is 3.23. The molecule has 28 heavy (non-hydrogen) atoms. The van der Waals surface area contributed by atoms with Crippen molar-refractivity contribution < 1.29 is 14.3 Å². The molecule has 3 rings (SSSR count). The first kappa shape index (κ1) is 20.0. The SMILES string of the molecule is COc1ccc(OC)c(/C=C2\SC(=Nc3ccccc3)N(CC(C)C)C2=O)c1. The molecule has 2 aromatic carbocycles. The van der Waals surface area contributed by atoms with E-state index in [4.69, 9.17) is 14.5 Å². The topological polar surface area (TPSA) is 51.1 Å². The highest BCUT2D eigenvalue weighted by Gasteiger charge is 2.34. The molecule has 6 heteroatoms. The van der Waals surface area contributed by atoms with Crippen LogP contribution in [-0.2, 0) is 4.79 Å². The summed E-state index contributed by atoms with van der Waals surface area (Å²) in [5, 5.41) is 0.693. The summed E-state index contributed by atoms with van der Waals surface area (Å²) in [4.78, 5) is 20.1. The summed E-state index contributed by atoms with van der Waals surface area (Å²) in [6.07, 6.45) is 1.84. The van der Waals surface area contributed by atoms with Gasteiger partial charge in [0.1, 0.15) is 11.5 Å². The van der Waals surface area contributed by atoms with Gasteiger partial charge in [-0.1, -0.05) is 32.0 Å². The van der Waals surface area contributed by atoms with E-state index in [1.165, 1.54) is 11.8 Å². The maximum Gasteiger partial charge on any atom is 0.266 e. The second-order valence-corrected chi connectivity index (χ2v) is 7.77. The fourth-order valence-electron chi connectivity index (χ4n) is 2.82. The highest BCUT2D eigenvalue weighted by Crippen LogP contribution is 2.36. The summed E-state index contributed by atoms with van der Waals surface area (Å²) in [6, 6.07) is 15.2. The molecule has 146 valence electrons. The molecule has 0 aromatic heterocycles.